The van der Waals surface area contributed by atoms with Crippen molar-refractivity contribution in [2.24, 2.45) is 0 Å². The maximum Gasteiger partial charge on any atom is 0.307 e. The molecule has 1 aromatic carbocycles. The van der Waals surface area contributed by atoms with Crippen LogP contribution in [0.5, 0.6) is 0 Å². The lowest BCUT2D eigenvalue weighted by molar-refractivity contribution is -0.154. The van der Waals surface area contributed by atoms with Gasteiger partial charge in [-0.2, -0.15) is 0 Å². The van der Waals surface area contributed by atoms with Crippen LogP contribution in [0.4, 0.5) is 0 Å². The lowest BCUT2D eigenvalue weighted by Crippen LogP contribution is -2.25. The Morgan fingerprint density at radius 3 is 2.36 bits per heavy atom. The summed E-state index contributed by atoms with van der Waals surface area (Å²) in [7, 11) is -3.74. The molecule has 0 heterocycles. The summed E-state index contributed by atoms with van der Waals surface area (Å²) in [6, 6.07) is 7.92. The Hall–Kier alpha value is -0.600. The average molecular weight is 457 g/mol. The van der Waals surface area contributed by atoms with Crippen LogP contribution in [-0.2, 0) is 19.4 Å². The van der Waals surface area contributed by atoms with Gasteiger partial charge >= 0.3 is 5.97 Å². The number of carbonyl (C=O) groups excluding carboxylic acids is 1. The van der Waals surface area contributed by atoms with Gasteiger partial charge < -0.3 is 4.74 Å². The van der Waals surface area contributed by atoms with E-state index < -0.39 is 21.4 Å². The molecule has 0 aromatic heterocycles. The number of sulfone groups is 1. The molecule has 0 saturated carbocycles. The predicted octanol–water partition coefficient (Wildman–Crippen LogP) is 4.08. The molecule has 0 radical (unpaired) electrons. The largest absolute Gasteiger partial charge is 0.460 e. The fourth-order valence-corrected chi connectivity index (χ4v) is 4.22. The second kappa shape index (κ2) is 7.79. The van der Waals surface area contributed by atoms with Crippen LogP contribution in [0.1, 0.15) is 27.2 Å². The number of carbonyl (C=O) groups is 1. The van der Waals surface area contributed by atoms with Gasteiger partial charge in [-0.3, -0.25) is 4.79 Å². The molecule has 0 N–H and O–H groups in total. The van der Waals surface area contributed by atoms with E-state index in [1.807, 2.05) is 22.6 Å². The smallest absolute Gasteiger partial charge is 0.307 e. The van der Waals surface area contributed by atoms with E-state index in [1.165, 1.54) is 18.2 Å². The Bertz CT molecular complexity index is 648. The van der Waals surface area contributed by atoms with Crippen molar-refractivity contribution in [2.45, 2.75) is 41.6 Å². The van der Waals surface area contributed by atoms with Gasteiger partial charge in [-0.25, -0.2) is 8.42 Å². The molecule has 1 rings (SSSR count). The van der Waals surface area contributed by atoms with Gasteiger partial charge in [0.15, 0.2) is 0 Å². The second-order valence-corrected chi connectivity index (χ2v) is 9.74. The molecule has 0 fully saturated rings. The molecule has 0 amide bonds. The highest BCUT2D eigenvalue weighted by molar-refractivity contribution is 14.1. The first-order chi connectivity index (χ1) is 10.0. The van der Waals surface area contributed by atoms with E-state index in [1.54, 1.807) is 39.0 Å². The molecule has 122 valence electrons. The lowest BCUT2D eigenvalue weighted by atomic mass is 10.2. The molecular weight excluding hydrogens is 439 g/mol. The van der Waals surface area contributed by atoms with E-state index in [-0.39, 0.29) is 19.6 Å². The molecule has 0 bridgehead atoms. The summed E-state index contributed by atoms with van der Waals surface area (Å²) in [6.45, 7) is 5.32. The van der Waals surface area contributed by atoms with Gasteiger partial charge in [0.05, 0.1) is 11.3 Å². The number of allylic oxidation sites excluding steroid dienone is 1. The third-order valence-electron chi connectivity index (χ3n) is 2.40. The molecular formula is C15H18ClIO4S. The summed E-state index contributed by atoms with van der Waals surface area (Å²) in [4.78, 5) is 11.8. The molecule has 1 atom stereocenters. The summed E-state index contributed by atoms with van der Waals surface area (Å²) in [6.07, 6.45) is 1.41. The first-order valence-corrected chi connectivity index (χ1v) is 9.66. The second-order valence-electron chi connectivity index (χ2n) is 5.59. The predicted molar refractivity (Wildman–Crippen MR) is 95.8 cm³/mol. The molecule has 0 spiro atoms. The van der Waals surface area contributed by atoms with Gasteiger partial charge in [0.25, 0.3) is 0 Å². The maximum atomic E-state index is 12.3. The van der Waals surface area contributed by atoms with Crippen molar-refractivity contribution in [3.63, 3.8) is 0 Å². The number of alkyl halides is 1. The highest BCUT2D eigenvalue weighted by atomic mass is 127. The van der Waals surface area contributed by atoms with E-state index in [0.717, 1.165) is 0 Å². The Labute approximate surface area is 149 Å². The molecule has 0 unspecified atom stereocenters. The zero-order valence-corrected chi connectivity index (χ0v) is 16.3. The summed E-state index contributed by atoms with van der Waals surface area (Å²) in [5.41, 5.74) is -0.572. The van der Waals surface area contributed by atoms with Crippen molar-refractivity contribution in [2.75, 3.05) is 0 Å². The zero-order chi connectivity index (χ0) is 17.0. The van der Waals surface area contributed by atoms with Gasteiger partial charge in [-0.05, 0) is 39.0 Å². The summed E-state index contributed by atoms with van der Waals surface area (Å²) in [5.74, 6) is -0.398. The number of hydrogen-bond donors (Lipinski definition) is 0. The zero-order valence-electron chi connectivity index (χ0n) is 12.5. The minimum absolute atomic E-state index is 0.0539. The Morgan fingerprint density at radius 2 is 1.86 bits per heavy atom. The minimum Gasteiger partial charge on any atom is -0.460 e. The molecule has 0 aliphatic heterocycles. The minimum atomic E-state index is -3.74. The van der Waals surface area contributed by atoms with E-state index in [9.17, 15) is 13.2 Å². The summed E-state index contributed by atoms with van der Waals surface area (Å²) < 4.78 is 29.1. The van der Waals surface area contributed by atoms with E-state index in [0.29, 0.717) is 0 Å². The first kappa shape index (κ1) is 19.4. The van der Waals surface area contributed by atoms with Crippen LogP contribution in [0.15, 0.2) is 45.7 Å². The van der Waals surface area contributed by atoms with Crippen LogP contribution in [0, 0.1) is 0 Å². The van der Waals surface area contributed by atoms with Gasteiger partial charge in [0.1, 0.15) is 9.97 Å². The Balaban J connectivity index is 2.82. The molecule has 1 aromatic rings. The van der Waals surface area contributed by atoms with Crippen molar-refractivity contribution in [3.8, 4) is 0 Å². The number of halogens is 2. The van der Waals surface area contributed by atoms with Crippen LogP contribution >= 0.6 is 34.2 Å². The number of hydrogen-bond acceptors (Lipinski definition) is 4. The monoisotopic (exact) mass is 456 g/mol. The van der Waals surface area contributed by atoms with Gasteiger partial charge in [0, 0.05) is 3.92 Å². The highest BCUT2D eigenvalue weighted by Gasteiger charge is 2.22. The van der Waals surface area contributed by atoms with Crippen molar-refractivity contribution in [3.05, 3.63) is 40.8 Å². The first-order valence-electron chi connectivity index (χ1n) is 6.56. The van der Waals surface area contributed by atoms with E-state index in [2.05, 4.69) is 0 Å². The van der Waals surface area contributed by atoms with Crippen LogP contribution in [0.3, 0.4) is 0 Å². The van der Waals surface area contributed by atoms with Gasteiger partial charge in [0.2, 0.25) is 9.84 Å². The number of benzene rings is 1. The van der Waals surface area contributed by atoms with Crippen molar-refractivity contribution >= 4 is 50.0 Å². The number of rotatable bonds is 5. The van der Waals surface area contributed by atoms with Gasteiger partial charge in [-0.1, -0.05) is 52.4 Å². The van der Waals surface area contributed by atoms with Crippen molar-refractivity contribution < 1.29 is 17.9 Å². The summed E-state index contributed by atoms with van der Waals surface area (Å²) >= 11 is 7.89. The van der Waals surface area contributed by atoms with Crippen LogP contribution in [-0.4, -0.2) is 23.9 Å². The van der Waals surface area contributed by atoms with Gasteiger partial charge in [-0.15, -0.1) is 0 Å². The van der Waals surface area contributed by atoms with Crippen LogP contribution < -0.4 is 0 Å². The fraction of sp³-hybridized carbons (Fsp3) is 0.400. The third-order valence-corrected chi connectivity index (χ3v) is 5.48. The Kier molecular flexibility index (Phi) is 6.88. The lowest BCUT2D eigenvalue weighted by Gasteiger charge is -2.20. The van der Waals surface area contributed by atoms with Crippen LogP contribution in [0.2, 0.25) is 0 Å². The van der Waals surface area contributed by atoms with E-state index >= 15 is 0 Å². The normalized spacial score (nSPS) is 14.5. The SMILES string of the molecule is CC(C)(C)OC(=O)C[C@H](I)/C=C(\Cl)S(=O)(=O)c1ccccc1. The maximum absolute atomic E-state index is 12.3. The standard InChI is InChI=1S/C15H18ClIO4S/c1-15(2,3)21-14(18)10-11(17)9-13(16)22(19,20)12-7-5-4-6-8-12/h4-9,11H,10H2,1-3H3/b13-9+/t11-/m1/s1. The fourth-order valence-electron chi connectivity index (χ4n) is 1.55. The summed E-state index contributed by atoms with van der Waals surface area (Å²) in [5, 5.41) is 0. The average Bonchev–Trinajstić information content (AvgIpc) is 2.36. The van der Waals surface area contributed by atoms with Crippen molar-refractivity contribution in [1.29, 1.82) is 0 Å². The highest BCUT2D eigenvalue weighted by Crippen LogP contribution is 2.25. The number of ether oxygens (including phenoxy) is 1. The third kappa shape index (κ3) is 6.26. The molecule has 7 heteroatoms. The molecule has 0 aliphatic carbocycles. The Morgan fingerprint density at radius 1 is 1.32 bits per heavy atom. The van der Waals surface area contributed by atoms with E-state index in [4.69, 9.17) is 16.3 Å². The molecule has 0 aliphatic rings. The quantitative estimate of drug-likeness (QED) is 0.381. The van der Waals surface area contributed by atoms with Crippen LogP contribution in [0.25, 0.3) is 0 Å². The van der Waals surface area contributed by atoms with Crippen molar-refractivity contribution in [1.82, 2.24) is 0 Å². The molecule has 0 saturated heterocycles. The molecule has 4 nitrogen and oxygen atoms in total. The topological polar surface area (TPSA) is 60.4 Å². The molecule has 22 heavy (non-hydrogen) atoms. The number of esters is 1.